The summed E-state index contributed by atoms with van der Waals surface area (Å²) in [5.41, 5.74) is 4.70. The maximum absolute atomic E-state index is 14.4. The maximum atomic E-state index is 14.4. The second-order valence-corrected chi connectivity index (χ2v) is 10.9. The molecule has 3 aromatic rings. The lowest BCUT2D eigenvalue weighted by Gasteiger charge is -2.25. The Morgan fingerprint density at radius 2 is 1.74 bits per heavy atom. The topological polar surface area (TPSA) is 40.5 Å². The van der Waals surface area contributed by atoms with Crippen molar-refractivity contribution in [3.63, 3.8) is 0 Å². The standard InChI is InChI=1S/C31H33F4NO2/c1-30(2)16-17-36(20-30)28-19-25(32)15-12-23(28)18-27-21(6-3-4-9-29(37)38)7-5-8-26(27)22-10-13-24(14-11-22)31(33,34)35/h5,7-8,10-15,19H,3-4,6,9,16-18,20H2,1-2H3,(H,37,38). The summed E-state index contributed by atoms with van der Waals surface area (Å²) in [6.45, 7) is 6.03. The van der Waals surface area contributed by atoms with Gasteiger partial charge in [-0.05, 0) is 83.2 Å². The van der Waals surface area contributed by atoms with Crippen LogP contribution in [0.3, 0.4) is 0 Å². The zero-order valence-corrected chi connectivity index (χ0v) is 21.7. The van der Waals surface area contributed by atoms with Gasteiger partial charge in [0.1, 0.15) is 5.82 Å². The zero-order chi connectivity index (χ0) is 27.5. The average Bonchev–Trinajstić information content (AvgIpc) is 3.22. The molecule has 3 nitrogen and oxygen atoms in total. The maximum Gasteiger partial charge on any atom is 0.416 e. The van der Waals surface area contributed by atoms with Crippen molar-refractivity contribution < 1.29 is 27.5 Å². The van der Waals surface area contributed by atoms with Crippen LogP contribution >= 0.6 is 0 Å². The van der Waals surface area contributed by atoms with Crippen LogP contribution in [0.4, 0.5) is 23.2 Å². The molecule has 0 spiro atoms. The van der Waals surface area contributed by atoms with Gasteiger partial charge < -0.3 is 10.0 Å². The number of alkyl halides is 3. The fourth-order valence-corrected chi connectivity index (χ4v) is 5.27. The first-order chi connectivity index (χ1) is 17.9. The number of halogens is 4. The third kappa shape index (κ3) is 6.74. The predicted octanol–water partition coefficient (Wildman–Crippen LogP) is 8.14. The number of anilines is 1. The minimum absolute atomic E-state index is 0.0841. The highest BCUT2D eigenvalue weighted by Crippen LogP contribution is 2.38. The Balaban J connectivity index is 1.74. The van der Waals surface area contributed by atoms with Gasteiger partial charge in [0.15, 0.2) is 0 Å². The number of carbonyl (C=O) groups is 1. The molecule has 1 saturated heterocycles. The molecule has 3 aromatic carbocycles. The van der Waals surface area contributed by atoms with E-state index >= 15 is 0 Å². The SMILES string of the molecule is CC1(C)CCN(c2cc(F)ccc2Cc2c(CCCCC(=O)O)cccc2-c2ccc(C(F)(F)F)cc2)C1. The molecule has 1 aliphatic heterocycles. The number of carboxylic acid groups (broad SMARTS) is 1. The van der Waals surface area contributed by atoms with Gasteiger partial charge in [0.2, 0.25) is 0 Å². The van der Waals surface area contributed by atoms with E-state index in [0.717, 1.165) is 59.6 Å². The fraction of sp³-hybridized carbons (Fsp3) is 0.387. The Labute approximate surface area is 221 Å². The Morgan fingerprint density at radius 3 is 2.37 bits per heavy atom. The molecule has 0 saturated carbocycles. The summed E-state index contributed by atoms with van der Waals surface area (Å²) >= 11 is 0. The molecule has 0 aliphatic carbocycles. The van der Waals surface area contributed by atoms with E-state index in [9.17, 15) is 22.4 Å². The number of aryl methyl sites for hydroxylation is 1. The number of rotatable bonds is 9. The molecule has 7 heteroatoms. The lowest BCUT2D eigenvalue weighted by Crippen LogP contribution is -2.24. The highest BCUT2D eigenvalue weighted by atomic mass is 19.4. The lowest BCUT2D eigenvalue weighted by atomic mass is 9.88. The van der Waals surface area contributed by atoms with Crippen molar-refractivity contribution in [1.82, 2.24) is 0 Å². The molecular weight excluding hydrogens is 494 g/mol. The highest BCUT2D eigenvalue weighted by Gasteiger charge is 2.31. The predicted molar refractivity (Wildman–Crippen MR) is 142 cm³/mol. The number of aliphatic carboxylic acids is 1. The van der Waals surface area contributed by atoms with E-state index in [0.29, 0.717) is 31.2 Å². The smallest absolute Gasteiger partial charge is 0.416 e. The van der Waals surface area contributed by atoms with Crippen LogP contribution in [0, 0.1) is 11.2 Å². The summed E-state index contributed by atoms with van der Waals surface area (Å²) in [7, 11) is 0. The summed E-state index contributed by atoms with van der Waals surface area (Å²) in [4.78, 5) is 13.2. The molecule has 1 fully saturated rings. The highest BCUT2D eigenvalue weighted by molar-refractivity contribution is 5.71. The third-order valence-corrected chi connectivity index (χ3v) is 7.32. The van der Waals surface area contributed by atoms with Crippen molar-refractivity contribution in [2.24, 2.45) is 5.41 Å². The third-order valence-electron chi connectivity index (χ3n) is 7.32. The second kappa shape index (κ2) is 11.2. The first-order valence-corrected chi connectivity index (χ1v) is 13.0. The van der Waals surface area contributed by atoms with Crippen LogP contribution in [0.15, 0.2) is 60.7 Å². The van der Waals surface area contributed by atoms with Gasteiger partial charge >= 0.3 is 12.1 Å². The second-order valence-electron chi connectivity index (χ2n) is 10.9. The van der Waals surface area contributed by atoms with Crippen molar-refractivity contribution in [3.05, 3.63) is 88.7 Å². The zero-order valence-electron chi connectivity index (χ0n) is 21.7. The quantitative estimate of drug-likeness (QED) is 0.226. The van der Waals surface area contributed by atoms with E-state index in [1.54, 1.807) is 12.1 Å². The van der Waals surface area contributed by atoms with Crippen LogP contribution in [0.5, 0.6) is 0 Å². The minimum atomic E-state index is -4.42. The summed E-state index contributed by atoms with van der Waals surface area (Å²) in [6, 6.07) is 15.8. The van der Waals surface area contributed by atoms with Crippen LogP contribution in [0.25, 0.3) is 11.1 Å². The van der Waals surface area contributed by atoms with Gasteiger partial charge in [-0.25, -0.2) is 4.39 Å². The summed E-state index contributed by atoms with van der Waals surface area (Å²) < 4.78 is 53.9. The summed E-state index contributed by atoms with van der Waals surface area (Å²) in [5.74, 6) is -1.15. The molecule has 0 radical (unpaired) electrons. The van der Waals surface area contributed by atoms with Crippen molar-refractivity contribution in [1.29, 1.82) is 0 Å². The molecule has 0 unspecified atom stereocenters. The lowest BCUT2D eigenvalue weighted by molar-refractivity contribution is -0.138. The van der Waals surface area contributed by atoms with Crippen molar-refractivity contribution in [3.8, 4) is 11.1 Å². The number of benzene rings is 3. The van der Waals surface area contributed by atoms with Crippen LogP contribution in [0.1, 0.15) is 61.8 Å². The first kappa shape index (κ1) is 27.7. The number of carboxylic acids is 1. The minimum Gasteiger partial charge on any atom is -0.481 e. The van der Waals surface area contributed by atoms with Crippen LogP contribution in [-0.2, 0) is 23.8 Å². The average molecular weight is 528 g/mol. The van der Waals surface area contributed by atoms with E-state index in [1.807, 2.05) is 18.2 Å². The van der Waals surface area contributed by atoms with Crippen LogP contribution < -0.4 is 4.90 Å². The Hall–Kier alpha value is -3.35. The molecule has 0 atom stereocenters. The Bertz CT molecular complexity index is 1280. The van der Waals surface area contributed by atoms with Crippen molar-refractivity contribution in [2.75, 3.05) is 18.0 Å². The number of hydrogen-bond acceptors (Lipinski definition) is 2. The van der Waals surface area contributed by atoms with Crippen molar-refractivity contribution >= 4 is 11.7 Å². The monoisotopic (exact) mass is 527 g/mol. The van der Waals surface area contributed by atoms with Crippen molar-refractivity contribution in [2.45, 2.75) is 58.5 Å². The van der Waals surface area contributed by atoms with Crippen LogP contribution in [0.2, 0.25) is 0 Å². The largest absolute Gasteiger partial charge is 0.481 e. The van der Waals surface area contributed by atoms with E-state index in [4.69, 9.17) is 5.11 Å². The first-order valence-electron chi connectivity index (χ1n) is 13.0. The number of hydrogen-bond donors (Lipinski definition) is 1. The molecule has 1 N–H and O–H groups in total. The molecule has 4 rings (SSSR count). The Kier molecular flexibility index (Phi) is 8.14. The molecule has 38 heavy (non-hydrogen) atoms. The van der Waals surface area contributed by atoms with Gasteiger partial charge in [-0.1, -0.05) is 50.2 Å². The van der Waals surface area contributed by atoms with Gasteiger partial charge in [-0.3, -0.25) is 4.79 Å². The molecule has 0 aromatic heterocycles. The van der Waals surface area contributed by atoms with Gasteiger partial charge in [0, 0.05) is 31.6 Å². The van der Waals surface area contributed by atoms with E-state index in [2.05, 4.69) is 18.7 Å². The van der Waals surface area contributed by atoms with Gasteiger partial charge in [-0.15, -0.1) is 0 Å². The molecule has 0 amide bonds. The summed E-state index contributed by atoms with van der Waals surface area (Å²) in [6.07, 6.45) is -1.00. The van der Waals surface area contributed by atoms with Gasteiger partial charge in [0.05, 0.1) is 5.56 Å². The van der Waals surface area contributed by atoms with Gasteiger partial charge in [0.25, 0.3) is 0 Å². The number of nitrogens with zero attached hydrogens (tertiary/aromatic N) is 1. The molecule has 202 valence electrons. The normalized spacial score (nSPS) is 15.2. The fourth-order valence-electron chi connectivity index (χ4n) is 5.27. The van der Waals surface area contributed by atoms with E-state index in [1.165, 1.54) is 18.2 Å². The van der Waals surface area contributed by atoms with Crippen LogP contribution in [-0.4, -0.2) is 24.2 Å². The molecule has 0 bridgehead atoms. The molecule has 1 heterocycles. The number of unbranched alkanes of at least 4 members (excludes halogenated alkanes) is 1. The van der Waals surface area contributed by atoms with E-state index < -0.39 is 17.7 Å². The van der Waals surface area contributed by atoms with Gasteiger partial charge in [-0.2, -0.15) is 13.2 Å². The Morgan fingerprint density at radius 1 is 1.00 bits per heavy atom. The summed E-state index contributed by atoms with van der Waals surface area (Å²) in [5, 5.41) is 9.01. The van der Waals surface area contributed by atoms with E-state index in [-0.39, 0.29) is 17.7 Å². The molecular formula is C31H33F4NO2. The molecule has 1 aliphatic rings.